The van der Waals surface area contributed by atoms with Crippen LogP contribution in [0.3, 0.4) is 0 Å². The molecule has 0 spiro atoms. The van der Waals surface area contributed by atoms with Crippen LogP contribution in [0.5, 0.6) is 0 Å². The Morgan fingerprint density at radius 3 is 2.62 bits per heavy atom. The second-order valence-electron chi connectivity index (χ2n) is 3.90. The summed E-state index contributed by atoms with van der Waals surface area (Å²) in [5.41, 5.74) is 1.32. The summed E-state index contributed by atoms with van der Waals surface area (Å²) < 4.78 is 6.57. The van der Waals surface area contributed by atoms with E-state index in [-0.39, 0.29) is 6.10 Å². The number of benzene rings is 1. The summed E-state index contributed by atoms with van der Waals surface area (Å²) in [6.07, 6.45) is 1.19. The Morgan fingerprint density at radius 1 is 1.38 bits per heavy atom. The van der Waals surface area contributed by atoms with Gasteiger partial charge >= 0.3 is 0 Å². The van der Waals surface area contributed by atoms with E-state index in [0.717, 1.165) is 13.0 Å². The molecule has 1 aromatic rings. The van der Waals surface area contributed by atoms with Crippen LogP contribution in [0, 0.1) is 0 Å². The van der Waals surface area contributed by atoms with Gasteiger partial charge in [0.05, 0.1) is 6.10 Å². The molecule has 0 saturated heterocycles. The average molecular weight is 286 g/mol. The van der Waals surface area contributed by atoms with E-state index in [1.807, 2.05) is 6.07 Å². The van der Waals surface area contributed by atoms with E-state index in [9.17, 15) is 0 Å². The second-order valence-corrected chi connectivity index (χ2v) is 4.75. The maximum Gasteiger partial charge on any atom is 0.0699 e. The summed E-state index contributed by atoms with van der Waals surface area (Å²) in [5, 5.41) is 3.46. The van der Waals surface area contributed by atoms with Crippen molar-refractivity contribution < 1.29 is 4.74 Å². The number of rotatable bonds is 6. The number of hydrogen-bond donors (Lipinski definition) is 1. The largest absolute Gasteiger partial charge is 0.380 e. The molecule has 1 aromatic carbocycles. The van der Waals surface area contributed by atoms with Crippen molar-refractivity contribution in [2.45, 2.75) is 32.4 Å². The lowest BCUT2D eigenvalue weighted by Crippen LogP contribution is -2.41. The lowest BCUT2D eigenvalue weighted by atomic mass is 10.0. The van der Waals surface area contributed by atoms with E-state index < -0.39 is 0 Å². The number of ether oxygens (including phenoxy) is 1. The van der Waals surface area contributed by atoms with E-state index in [2.05, 4.69) is 53.3 Å². The maximum atomic E-state index is 5.40. The van der Waals surface area contributed by atoms with Crippen LogP contribution in [0.15, 0.2) is 28.7 Å². The standard InChI is InChI=1S/C13H20BrNO/c1-4-15-13(10(2)16-3)9-11-7-5-6-8-12(11)14/h5-8,10,13,15H,4,9H2,1-3H3. The molecule has 0 heterocycles. The third-order valence-electron chi connectivity index (χ3n) is 2.80. The average Bonchev–Trinajstić information content (AvgIpc) is 2.30. The SMILES string of the molecule is CCNC(Cc1ccccc1Br)C(C)OC. The molecule has 0 aliphatic heterocycles. The van der Waals surface area contributed by atoms with Gasteiger partial charge in [-0.3, -0.25) is 0 Å². The third kappa shape index (κ3) is 3.89. The van der Waals surface area contributed by atoms with Gasteiger partial charge < -0.3 is 10.1 Å². The van der Waals surface area contributed by atoms with Gasteiger partial charge in [0.15, 0.2) is 0 Å². The van der Waals surface area contributed by atoms with Gasteiger partial charge in [-0.15, -0.1) is 0 Å². The molecule has 0 aromatic heterocycles. The minimum atomic E-state index is 0.215. The number of halogens is 1. The zero-order valence-electron chi connectivity index (χ0n) is 10.2. The van der Waals surface area contributed by atoms with Crippen molar-refractivity contribution in [3.63, 3.8) is 0 Å². The first-order valence-corrected chi connectivity index (χ1v) is 6.48. The summed E-state index contributed by atoms with van der Waals surface area (Å²) in [5.74, 6) is 0. The van der Waals surface area contributed by atoms with Crippen LogP contribution in [0.1, 0.15) is 19.4 Å². The molecule has 0 aliphatic carbocycles. The molecule has 0 bridgehead atoms. The topological polar surface area (TPSA) is 21.3 Å². The first kappa shape index (κ1) is 13.7. The van der Waals surface area contributed by atoms with Crippen LogP contribution < -0.4 is 5.32 Å². The van der Waals surface area contributed by atoms with Crippen LogP contribution in [0.25, 0.3) is 0 Å². The Labute approximate surface area is 107 Å². The first-order valence-electron chi connectivity index (χ1n) is 5.68. The number of likely N-dealkylation sites (N-methyl/N-ethyl adjacent to an activating group) is 1. The Kier molecular flexibility index (Phi) is 6.03. The lowest BCUT2D eigenvalue weighted by Gasteiger charge is -2.24. The van der Waals surface area contributed by atoms with E-state index >= 15 is 0 Å². The molecular formula is C13H20BrNO. The predicted molar refractivity (Wildman–Crippen MR) is 71.8 cm³/mol. The van der Waals surface area contributed by atoms with Gasteiger partial charge in [0.2, 0.25) is 0 Å². The molecule has 2 unspecified atom stereocenters. The first-order chi connectivity index (χ1) is 7.69. The fourth-order valence-electron chi connectivity index (χ4n) is 1.73. The molecule has 90 valence electrons. The third-order valence-corrected chi connectivity index (χ3v) is 3.58. The van der Waals surface area contributed by atoms with Gasteiger partial charge in [-0.1, -0.05) is 41.1 Å². The lowest BCUT2D eigenvalue weighted by molar-refractivity contribution is 0.0836. The molecule has 0 saturated carbocycles. The summed E-state index contributed by atoms with van der Waals surface area (Å²) in [4.78, 5) is 0. The van der Waals surface area contributed by atoms with Crippen LogP contribution >= 0.6 is 15.9 Å². The fourth-order valence-corrected chi connectivity index (χ4v) is 2.18. The molecule has 1 rings (SSSR count). The highest BCUT2D eigenvalue weighted by molar-refractivity contribution is 9.10. The summed E-state index contributed by atoms with van der Waals surface area (Å²) in [6.45, 7) is 5.18. The van der Waals surface area contributed by atoms with Gasteiger partial charge in [0.25, 0.3) is 0 Å². The van der Waals surface area contributed by atoms with E-state index in [4.69, 9.17) is 4.74 Å². The zero-order chi connectivity index (χ0) is 12.0. The van der Waals surface area contributed by atoms with Gasteiger partial charge in [0, 0.05) is 17.6 Å². The molecule has 16 heavy (non-hydrogen) atoms. The molecule has 0 fully saturated rings. The Bertz CT molecular complexity index is 317. The van der Waals surface area contributed by atoms with Crippen LogP contribution in [0.4, 0.5) is 0 Å². The highest BCUT2D eigenvalue weighted by atomic mass is 79.9. The fraction of sp³-hybridized carbons (Fsp3) is 0.538. The van der Waals surface area contributed by atoms with Crippen LogP contribution in [-0.2, 0) is 11.2 Å². The molecular weight excluding hydrogens is 266 g/mol. The quantitative estimate of drug-likeness (QED) is 0.868. The maximum absolute atomic E-state index is 5.40. The summed E-state index contributed by atoms with van der Waals surface area (Å²) in [7, 11) is 1.76. The monoisotopic (exact) mass is 285 g/mol. The molecule has 1 N–H and O–H groups in total. The molecule has 0 radical (unpaired) electrons. The van der Waals surface area contributed by atoms with Crippen molar-refractivity contribution in [1.29, 1.82) is 0 Å². The van der Waals surface area contributed by atoms with Crippen molar-refractivity contribution in [2.24, 2.45) is 0 Å². The van der Waals surface area contributed by atoms with Crippen molar-refractivity contribution >= 4 is 15.9 Å². The van der Waals surface area contributed by atoms with Crippen molar-refractivity contribution in [1.82, 2.24) is 5.32 Å². The molecule has 2 atom stereocenters. The van der Waals surface area contributed by atoms with Gasteiger partial charge in [-0.2, -0.15) is 0 Å². The summed E-state index contributed by atoms with van der Waals surface area (Å²) >= 11 is 3.58. The highest BCUT2D eigenvalue weighted by Gasteiger charge is 2.16. The number of nitrogens with one attached hydrogen (secondary N) is 1. The van der Waals surface area contributed by atoms with Crippen LogP contribution in [0.2, 0.25) is 0 Å². The Balaban J connectivity index is 2.71. The normalized spacial score (nSPS) is 14.8. The molecule has 0 aliphatic rings. The smallest absolute Gasteiger partial charge is 0.0699 e. The van der Waals surface area contributed by atoms with E-state index in [0.29, 0.717) is 6.04 Å². The molecule has 2 nitrogen and oxygen atoms in total. The second kappa shape index (κ2) is 7.05. The van der Waals surface area contributed by atoms with Gasteiger partial charge in [-0.05, 0) is 31.5 Å². The highest BCUT2D eigenvalue weighted by Crippen LogP contribution is 2.18. The number of methoxy groups -OCH3 is 1. The summed E-state index contributed by atoms with van der Waals surface area (Å²) in [6, 6.07) is 8.69. The van der Waals surface area contributed by atoms with Gasteiger partial charge in [-0.25, -0.2) is 0 Å². The Hall–Kier alpha value is -0.380. The van der Waals surface area contributed by atoms with Crippen molar-refractivity contribution in [2.75, 3.05) is 13.7 Å². The van der Waals surface area contributed by atoms with E-state index in [1.165, 1.54) is 10.0 Å². The van der Waals surface area contributed by atoms with Crippen LogP contribution in [-0.4, -0.2) is 25.8 Å². The van der Waals surface area contributed by atoms with Gasteiger partial charge in [0.1, 0.15) is 0 Å². The van der Waals surface area contributed by atoms with Crippen molar-refractivity contribution in [3.8, 4) is 0 Å². The molecule has 0 amide bonds. The predicted octanol–water partition coefficient (Wildman–Crippen LogP) is 3.00. The minimum absolute atomic E-state index is 0.215. The molecule has 3 heteroatoms. The zero-order valence-corrected chi connectivity index (χ0v) is 11.8. The minimum Gasteiger partial charge on any atom is -0.380 e. The Morgan fingerprint density at radius 2 is 2.06 bits per heavy atom. The van der Waals surface area contributed by atoms with Crippen molar-refractivity contribution in [3.05, 3.63) is 34.3 Å². The van der Waals surface area contributed by atoms with E-state index in [1.54, 1.807) is 7.11 Å². The number of hydrogen-bond acceptors (Lipinski definition) is 2.